The average molecular weight is 413 g/mol. The lowest BCUT2D eigenvalue weighted by molar-refractivity contribution is -0.121. The van der Waals surface area contributed by atoms with Crippen molar-refractivity contribution in [2.24, 2.45) is 5.92 Å². The highest BCUT2D eigenvalue weighted by Gasteiger charge is 2.28. The number of hydrogen-bond acceptors (Lipinski definition) is 3. The van der Waals surface area contributed by atoms with Crippen LogP contribution in [0.4, 0.5) is 8.78 Å². The van der Waals surface area contributed by atoms with E-state index in [0.717, 1.165) is 55.0 Å². The number of rotatable bonds is 5. The highest BCUT2D eigenvalue weighted by atomic mass is 35.5. The first-order chi connectivity index (χ1) is 12.5. The maximum atomic E-state index is 14.1. The second-order valence-electron chi connectivity index (χ2n) is 6.57. The SMILES string of the molecule is CC1CNCCC1NC(=O)C(Sc1cc(F)ccc1F)c1ccccc1.Cl. The molecule has 1 aliphatic rings. The van der Waals surface area contributed by atoms with Crippen molar-refractivity contribution in [1.29, 1.82) is 0 Å². The maximum Gasteiger partial charge on any atom is 0.238 e. The van der Waals surface area contributed by atoms with Gasteiger partial charge in [0.25, 0.3) is 0 Å². The smallest absolute Gasteiger partial charge is 0.238 e. The van der Waals surface area contributed by atoms with Crippen LogP contribution in [-0.4, -0.2) is 25.0 Å². The zero-order chi connectivity index (χ0) is 18.5. The third kappa shape index (κ3) is 5.67. The summed E-state index contributed by atoms with van der Waals surface area (Å²) in [5.74, 6) is -0.905. The highest BCUT2D eigenvalue weighted by molar-refractivity contribution is 8.00. The number of carbonyl (C=O) groups is 1. The van der Waals surface area contributed by atoms with E-state index >= 15 is 0 Å². The Bertz CT molecular complexity index is 763. The van der Waals surface area contributed by atoms with E-state index in [0.29, 0.717) is 5.92 Å². The molecule has 1 fully saturated rings. The molecule has 3 unspecified atom stereocenters. The van der Waals surface area contributed by atoms with Crippen LogP contribution in [0.2, 0.25) is 0 Å². The molecule has 1 amide bonds. The van der Waals surface area contributed by atoms with Crippen LogP contribution in [0.15, 0.2) is 53.4 Å². The van der Waals surface area contributed by atoms with Gasteiger partial charge in [0.05, 0.1) is 0 Å². The van der Waals surface area contributed by atoms with Gasteiger partial charge in [-0.25, -0.2) is 8.78 Å². The second kappa shape index (κ2) is 10.1. The maximum absolute atomic E-state index is 14.1. The van der Waals surface area contributed by atoms with Crippen LogP contribution in [0.25, 0.3) is 0 Å². The number of piperidine rings is 1. The Hall–Kier alpha value is -1.63. The number of nitrogens with one attached hydrogen (secondary N) is 2. The van der Waals surface area contributed by atoms with E-state index in [9.17, 15) is 13.6 Å². The van der Waals surface area contributed by atoms with Crippen molar-refractivity contribution in [1.82, 2.24) is 10.6 Å². The summed E-state index contributed by atoms with van der Waals surface area (Å²) in [6.07, 6.45) is 0.855. The van der Waals surface area contributed by atoms with Gasteiger partial charge in [-0.1, -0.05) is 37.3 Å². The predicted molar refractivity (Wildman–Crippen MR) is 107 cm³/mol. The topological polar surface area (TPSA) is 41.1 Å². The Balaban J connectivity index is 0.00000261. The molecule has 2 aromatic rings. The Morgan fingerprint density at radius 2 is 1.96 bits per heavy atom. The first-order valence-corrected chi connectivity index (χ1v) is 9.60. The van der Waals surface area contributed by atoms with Crippen molar-refractivity contribution in [3.05, 3.63) is 65.7 Å². The lowest BCUT2D eigenvalue weighted by Crippen LogP contribution is -2.49. The molecule has 7 heteroatoms. The van der Waals surface area contributed by atoms with E-state index in [1.807, 2.05) is 30.3 Å². The van der Waals surface area contributed by atoms with Crippen LogP contribution in [-0.2, 0) is 4.79 Å². The van der Waals surface area contributed by atoms with E-state index < -0.39 is 16.9 Å². The number of hydrogen-bond donors (Lipinski definition) is 2. The Morgan fingerprint density at radius 3 is 2.67 bits per heavy atom. The number of thioether (sulfide) groups is 1. The van der Waals surface area contributed by atoms with Crippen LogP contribution >= 0.6 is 24.2 Å². The van der Waals surface area contributed by atoms with Crippen LogP contribution < -0.4 is 10.6 Å². The molecule has 0 bridgehead atoms. The number of amides is 1. The van der Waals surface area contributed by atoms with E-state index in [2.05, 4.69) is 17.6 Å². The summed E-state index contributed by atoms with van der Waals surface area (Å²) >= 11 is 1.04. The van der Waals surface area contributed by atoms with Gasteiger partial charge < -0.3 is 10.6 Å². The Morgan fingerprint density at radius 1 is 1.22 bits per heavy atom. The van der Waals surface area contributed by atoms with E-state index in [-0.39, 0.29) is 29.3 Å². The van der Waals surface area contributed by atoms with Crippen molar-refractivity contribution < 1.29 is 13.6 Å². The summed E-state index contributed by atoms with van der Waals surface area (Å²) in [4.78, 5) is 13.1. The fourth-order valence-corrected chi connectivity index (χ4v) is 4.17. The molecule has 0 saturated carbocycles. The predicted octanol–water partition coefficient (Wildman–Crippen LogP) is 4.33. The molecule has 1 heterocycles. The van der Waals surface area contributed by atoms with Gasteiger partial charge in [0, 0.05) is 10.9 Å². The third-order valence-corrected chi connectivity index (χ3v) is 5.88. The van der Waals surface area contributed by atoms with Gasteiger partial charge in [-0.3, -0.25) is 4.79 Å². The Labute approximate surface area is 168 Å². The Kier molecular flexibility index (Phi) is 8.07. The monoisotopic (exact) mass is 412 g/mol. The largest absolute Gasteiger partial charge is 0.352 e. The molecule has 3 nitrogen and oxygen atoms in total. The second-order valence-corrected chi connectivity index (χ2v) is 7.72. The van der Waals surface area contributed by atoms with E-state index in [1.54, 1.807) is 0 Å². The first kappa shape index (κ1) is 21.7. The fourth-order valence-electron chi connectivity index (χ4n) is 3.08. The minimum Gasteiger partial charge on any atom is -0.352 e. The number of carbonyl (C=O) groups excluding carboxylic acids is 1. The molecule has 2 aromatic carbocycles. The molecule has 0 aliphatic carbocycles. The molecule has 0 aromatic heterocycles. The van der Waals surface area contributed by atoms with Crippen LogP contribution in [0, 0.1) is 17.6 Å². The molecule has 1 saturated heterocycles. The van der Waals surface area contributed by atoms with Crippen molar-refractivity contribution >= 4 is 30.1 Å². The minimum absolute atomic E-state index is 0. The van der Waals surface area contributed by atoms with E-state index in [1.165, 1.54) is 0 Å². The normalized spacial score (nSPS) is 20.4. The first-order valence-electron chi connectivity index (χ1n) is 8.72. The van der Waals surface area contributed by atoms with Gasteiger partial charge in [-0.15, -0.1) is 24.2 Å². The quantitative estimate of drug-likeness (QED) is 0.718. The summed E-state index contributed by atoms with van der Waals surface area (Å²) in [5, 5.41) is 5.77. The fraction of sp³-hybridized carbons (Fsp3) is 0.350. The molecular weight excluding hydrogens is 390 g/mol. The van der Waals surface area contributed by atoms with Crippen LogP contribution in [0.5, 0.6) is 0 Å². The van der Waals surface area contributed by atoms with Crippen molar-refractivity contribution in [2.75, 3.05) is 13.1 Å². The van der Waals surface area contributed by atoms with Crippen LogP contribution in [0.3, 0.4) is 0 Å². The zero-order valence-electron chi connectivity index (χ0n) is 15.0. The van der Waals surface area contributed by atoms with Crippen molar-refractivity contribution in [3.63, 3.8) is 0 Å². The summed E-state index contributed by atoms with van der Waals surface area (Å²) < 4.78 is 27.6. The van der Waals surface area contributed by atoms with Gasteiger partial charge in [-0.2, -0.15) is 0 Å². The molecule has 27 heavy (non-hydrogen) atoms. The van der Waals surface area contributed by atoms with Crippen LogP contribution in [0.1, 0.15) is 24.2 Å². The standard InChI is InChI=1S/C20H22F2N2OS.ClH/c1-13-12-23-10-9-17(13)24-20(25)19(14-5-3-2-4-6-14)26-18-11-15(21)7-8-16(18)22;/h2-8,11,13,17,19,23H,9-10,12H2,1H3,(H,24,25);1H. The lowest BCUT2D eigenvalue weighted by Gasteiger charge is -2.31. The third-order valence-electron chi connectivity index (χ3n) is 4.59. The number of halogens is 3. The summed E-state index contributed by atoms with van der Waals surface area (Å²) in [5.41, 5.74) is 0.764. The molecule has 0 radical (unpaired) electrons. The zero-order valence-corrected chi connectivity index (χ0v) is 16.6. The average Bonchev–Trinajstić information content (AvgIpc) is 2.65. The summed E-state index contributed by atoms with van der Waals surface area (Å²) in [7, 11) is 0. The molecule has 2 N–H and O–H groups in total. The van der Waals surface area contributed by atoms with Gasteiger partial charge in [0.2, 0.25) is 5.91 Å². The molecular formula is C20H23ClF2N2OS. The summed E-state index contributed by atoms with van der Waals surface area (Å²) in [6.45, 7) is 3.80. The molecule has 146 valence electrons. The van der Waals surface area contributed by atoms with Gasteiger partial charge in [0.15, 0.2) is 0 Å². The van der Waals surface area contributed by atoms with Gasteiger partial charge >= 0.3 is 0 Å². The number of benzene rings is 2. The molecule has 0 spiro atoms. The van der Waals surface area contributed by atoms with Gasteiger partial charge in [-0.05, 0) is 49.2 Å². The molecule has 1 aliphatic heterocycles. The van der Waals surface area contributed by atoms with Crippen molar-refractivity contribution in [2.45, 2.75) is 29.5 Å². The molecule has 3 rings (SSSR count). The highest BCUT2D eigenvalue weighted by Crippen LogP contribution is 2.37. The molecule has 3 atom stereocenters. The minimum atomic E-state index is -0.644. The summed E-state index contributed by atoms with van der Waals surface area (Å²) in [6, 6.07) is 12.6. The van der Waals surface area contributed by atoms with Crippen molar-refractivity contribution in [3.8, 4) is 0 Å². The van der Waals surface area contributed by atoms with E-state index in [4.69, 9.17) is 0 Å². The lowest BCUT2D eigenvalue weighted by atomic mass is 9.95. The van der Waals surface area contributed by atoms with Gasteiger partial charge in [0.1, 0.15) is 16.9 Å².